The van der Waals surface area contributed by atoms with Gasteiger partial charge in [0.05, 0.1) is 0 Å². The normalized spacial score (nSPS) is 20.6. The molecule has 0 saturated carbocycles. The molecule has 1 aliphatic heterocycles. The molecular formula is C14H31IN4. The molecule has 1 unspecified atom stereocenters. The highest BCUT2D eigenvalue weighted by Crippen LogP contribution is 2.15. The van der Waals surface area contributed by atoms with Gasteiger partial charge in [0.15, 0.2) is 5.96 Å². The Labute approximate surface area is 135 Å². The Morgan fingerprint density at radius 2 is 2.05 bits per heavy atom. The summed E-state index contributed by atoms with van der Waals surface area (Å²) in [6.07, 6.45) is 4.95. The lowest BCUT2D eigenvalue weighted by Gasteiger charge is -2.23. The summed E-state index contributed by atoms with van der Waals surface area (Å²) in [5.41, 5.74) is 5.92. The number of likely N-dealkylation sites (N-methyl/N-ethyl adjacent to an activating group) is 1. The van der Waals surface area contributed by atoms with Gasteiger partial charge in [-0.25, -0.2) is 0 Å². The van der Waals surface area contributed by atoms with E-state index in [2.05, 4.69) is 36.0 Å². The number of likely N-dealkylation sites (tertiary alicyclic amines) is 1. The molecule has 5 heteroatoms. The lowest BCUT2D eigenvalue weighted by atomic mass is 10.0. The van der Waals surface area contributed by atoms with E-state index >= 15 is 0 Å². The van der Waals surface area contributed by atoms with Crippen LogP contribution in [-0.2, 0) is 0 Å². The van der Waals surface area contributed by atoms with Crippen LogP contribution in [0.1, 0.15) is 46.5 Å². The van der Waals surface area contributed by atoms with Crippen LogP contribution in [0.2, 0.25) is 0 Å². The molecule has 0 aromatic carbocycles. The fourth-order valence-corrected chi connectivity index (χ4v) is 2.60. The maximum absolute atomic E-state index is 5.92. The monoisotopic (exact) mass is 382 g/mol. The van der Waals surface area contributed by atoms with E-state index in [1.165, 1.54) is 32.2 Å². The predicted molar refractivity (Wildman–Crippen MR) is 94.2 cm³/mol. The molecule has 1 atom stereocenters. The summed E-state index contributed by atoms with van der Waals surface area (Å²) in [5, 5.41) is 3.28. The summed E-state index contributed by atoms with van der Waals surface area (Å²) in [5.74, 6) is 1.29. The van der Waals surface area contributed by atoms with Crippen molar-refractivity contribution in [1.29, 1.82) is 0 Å². The minimum Gasteiger partial charge on any atom is -0.370 e. The third-order valence-corrected chi connectivity index (χ3v) is 4.10. The summed E-state index contributed by atoms with van der Waals surface area (Å²) in [7, 11) is 0. The molecular weight excluding hydrogens is 351 g/mol. The molecule has 4 nitrogen and oxygen atoms in total. The van der Waals surface area contributed by atoms with Crippen molar-refractivity contribution < 1.29 is 0 Å². The number of hydrogen-bond acceptors (Lipinski definition) is 2. The SMILES string of the molecule is CCC(CC)CN=C(N)NCC1CCCN1CC.I. The molecule has 114 valence electrons. The van der Waals surface area contributed by atoms with Gasteiger partial charge >= 0.3 is 0 Å². The number of halogens is 1. The number of nitrogens with two attached hydrogens (primary N) is 1. The van der Waals surface area contributed by atoms with Crippen LogP contribution in [0.25, 0.3) is 0 Å². The Kier molecular flexibility index (Phi) is 10.7. The molecule has 0 amide bonds. The lowest BCUT2D eigenvalue weighted by molar-refractivity contribution is 0.267. The van der Waals surface area contributed by atoms with E-state index in [0.29, 0.717) is 17.9 Å². The third-order valence-electron chi connectivity index (χ3n) is 4.10. The van der Waals surface area contributed by atoms with Gasteiger partial charge in [0.25, 0.3) is 0 Å². The van der Waals surface area contributed by atoms with Gasteiger partial charge in [0.1, 0.15) is 0 Å². The van der Waals surface area contributed by atoms with Crippen molar-refractivity contribution in [3.05, 3.63) is 0 Å². The van der Waals surface area contributed by atoms with Crippen molar-refractivity contribution in [3.63, 3.8) is 0 Å². The lowest BCUT2D eigenvalue weighted by Crippen LogP contribution is -2.42. The van der Waals surface area contributed by atoms with Crippen molar-refractivity contribution >= 4 is 29.9 Å². The van der Waals surface area contributed by atoms with Gasteiger partial charge in [-0.1, -0.05) is 33.6 Å². The first-order valence-corrected chi connectivity index (χ1v) is 7.49. The zero-order valence-electron chi connectivity index (χ0n) is 12.7. The van der Waals surface area contributed by atoms with Crippen LogP contribution >= 0.6 is 24.0 Å². The maximum atomic E-state index is 5.92. The summed E-state index contributed by atoms with van der Waals surface area (Å²) in [6, 6.07) is 0.636. The van der Waals surface area contributed by atoms with Crippen molar-refractivity contribution in [2.45, 2.75) is 52.5 Å². The second-order valence-corrected chi connectivity index (χ2v) is 5.21. The van der Waals surface area contributed by atoms with Crippen LogP contribution in [0.5, 0.6) is 0 Å². The topological polar surface area (TPSA) is 53.6 Å². The summed E-state index contributed by atoms with van der Waals surface area (Å²) < 4.78 is 0. The number of nitrogens with zero attached hydrogens (tertiary/aromatic N) is 2. The molecule has 1 rings (SSSR count). The zero-order chi connectivity index (χ0) is 13.4. The van der Waals surface area contributed by atoms with Gasteiger partial charge in [-0.05, 0) is 31.8 Å². The van der Waals surface area contributed by atoms with E-state index in [1.807, 2.05) is 0 Å². The van der Waals surface area contributed by atoms with Crippen molar-refractivity contribution in [2.75, 3.05) is 26.2 Å². The van der Waals surface area contributed by atoms with Crippen LogP contribution < -0.4 is 11.1 Å². The molecule has 0 aromatic heterocycles. The first-order valence-electron chi connectivity index (χ1n) is 7.49. The van der Waals surface area contributed by atoms with E-state index in [0.717, 1.165) is 19.6 Å². The van der Waals surface area contributed by atoms with Gasteiger partial charge in [0.2, 0.25) is 0 Å². The Morgan fingerprint density at radius 3 is 2.63 bits per heavy atom. The number of hydrogen-bond donors (Lipinski definition) is 2. The van der Waals surface area contributed by atoms with E-state index in [9.17, 15) is 0 Å². The minimum atomic E-state index is 0. The first-order chi connectivity index (χ1) is 8.71. The highest BCUT2D eigenvalue weighted by Gasteiger charge is 2.22. The predicted octanol–water partition coefficient (Wildman–Crippen LogP) is 2.43. The Balaban J connectivity index is 0.00000324. The fourth-order valence-electron chi connectivity index (χ4n) is 2.60. The van der Waals surface area contributed by atoms with Gasteiger partial charge in [0, 0.05) is 19.1 Å². The summed E-state index contributed by atoms with van der Waals surface area (Å²) in [6.45, 7) is 10.8. The maximum Gasteiger partial charge on any atom is 0.188 e. The van der Waals surface area contributed by atoms with Crippen LogP contribution in [0, 0.1) is 5.92 Å². The molecule has 0 spiro atoms. The van der Waals surface area contributed by atoms with Crippen LogP contribution in [0.3, 0.4) is 0 Å². The molecule has 1 saturated heterocycles. The minimum absolute atomic E-state index is 0. The fraction of sp³-hybridized carbons (Fsp3) is 0.929. The molecule has 0 aromatic rings. The molecule has 0 aliphatic carbocycles. The van der Waals surface area contributed by atoms with Crippen LogP contribution in [-0.4, -0.2) is 43.1 Å². The number of guanidine groups is 1. The molecule has 0 radical (unpaired) electrons. The molecule has 1 heterocycles. The highest BCUT2D eigenvalue weighted by molar-refractivity contribution is 14.0. The van der Waals surface area contributed by atoms with Crippen molar-refractivity contribution in [1.82, 2.24) is 10.2 Å². The van der Waals surface area contributed by atoms with Gasteiger partial charge in [-0.15, -0.1) is 24.0 Å². The number of aliphatic imine (C=N–C) groups is 1. The van der Waals surface area contributed by atoms with E-state index < -0.39 is 0 Å². The average molecular weight is 382 g/mol. The Hall–Kier alpha value is -0.0400. The molecule has 0 bridgehead atoms. The highest BCUT2D eigenvalue weighted by atomic mass is 127. The van der Waals surface area contributed by atoms with E-state index in [4.69, 9.17) is 5.73 Å². The van der Waals surface area contributed by atoms with Gasteiger partial charge in [-0.2, -0.15) is 0 Å². The van der Waals surface area contributed by atoms with Crippen molar-refractivity contribution in [3.8, 4) is 0 Å². The summed E-state index contributed by atoms with van der Waals surface area (Å²) in [4.78, 5) is 6.96. The second-order valence-electron chi connectivity index (χ2n) is 5.21. The molecule has 19 heavy (non-hydrogen) atoms. The third kappa shape index (κ3) is 6.79. The Morgan fingerprint density at radius 1 is 1.37 bits per heavy atom. The first kappa shape index (κ1) is 19.0. The second kappa shape index (κ2) is 10.7. The molecule has 1 aliphatic rings. The van der Waals surface area contributed by atoms with Gasteiger partial charge < -0.3 is 11.1 Å². The Bertz CT molecular complexity index is 254. The standard InChI is InChI=1S/C14H30N4.HI/c1-4-12(5-2)10-16-14(15)17-11-13-8-7-9-18(13)6-3;/h12-13H,4-11H2,1-3H3,(H3,15,16,17);1H. The molecule has 1 fully saturated rings. The van der Waals surface area contributed by atoms with Crippen LogP contribution in [0.15, 0.2) is 4.99 Å². The van der Waals surface area contributed by atoms with Gasteiger partial charge in [-0.3, -0.25) is 9.89 Å². The number of rotatable bonds is 7. The van der Waals surface area contributed by atoms with Crippen LogP contribution in [0.4, 0.5) is 0 Å². The van der Waals surface area contributed by atoms with E-state index in [-0.39, 0.29) is 24.0 Å². The zero-order valence-corrected chi connectivity index (χ0v) is 15.0. The van der Waals surface area contributed by atoms with Crippen molar-refractivity contribution in [2.24, 2.45) is 16.6 Å². The smallest absolute Gasteiger partial charge is 0.188 e. The summed E-state index contributed by atoms with van der Waals surface area (Å²) >= 11 is 0. The largest absolute Gasteiger partial charge is 0.370 e. The average Bonchev–Trinajstić information content (AvgIpc) is 2.85. The quantitative estimate of drug-likeness (QED) is 0.404. The number of nitrogens with one attached hydrogen (secondary N) is 1. The molecule has 3 N–H and O–H groups in total. The van der Waals surface area contributed by atoms with E-state index in [1.54, 1.807) is 0 Å².